The largest absolute Gasteiger partial charge is 0.399 e. The van der Waals surface area contributed by atoms with Gasteiger partial charge in [0.2, 0.25) is 5.91 Å². The summed E-state index contributed by atoms with van der Waals surface area (Å²) in [5, 5.41) is 29.2. The van der Waals surface area contributed by atoms with E-state index in [0.717, 1.165) is 25.0 Å². The Hall–Kier alpha value is -1.29. The number of nitrogens with one attached hydrogen (secondary N) is 1. The van der Waals surface area contributed by atoms with Crippen LogP contribution in [0.4, 0.5) is 0 Å². The average molecular weight is 495 g/mol. The number of aliphatic hydroxyl groups is 2. The lowest BCUT2D eigenvalue weighted by Crippen LogP contribution is -2.74. The molecule has 5 fully saturated rings. The summed E-state index contributed by atoms with van der Waals surface area (Å²) >= 11 is 0.207. The molecule has 0 aromatic rings. The smallest absolute Gasteiger partial charge is 0.230 e. The normalized spacial score (nSPS) is 52.7. The first-order chi connectivity index (χ1) is 15.9. The van der Waals surface area contributed by atoms with Gasteiger partial charge in [-0.15, -0.1) is 0 Å². The number of hydrogen-bond acceptors (Lipinski definition) is 7. The number of fused-ring (bicyclic) bond motifs is 3. The van der Waals surface area contributed by atoms with Gasteiger partial charge in [-0.2, -0.15) is 0 Å². The molecule has 1 spiro atoms. The lowest BCUT2D eigenvalue weighted by Gasteiger charge is -2.70. The summed E-state index contributed by atoms with van der Waals surface area (Å²) in [5.41, 5.74) is 0.0403. The van der Waals surface area contributed by atoms with Gasteiger partial charge in [0.25, 0.3) is 0 Å². The van der Waals surface area contributed by atoms with Crippen molar-refractivity contribution < 1.29 is 28.8 Å². The standard InChI is InChI=1S/C25H38N2O6S/c1-11-9-25-14(23(3,4)20(11)27-32-6)8-7-12(2)24(25,5)10-13-17(28)19(34-31)16-15(18(13)33-25)21(29)26-22(16)30/h11-18,21,28-29H,7-10H2,1-6H3,(H,26,30). The second kappa shape index (κ2) is 7.85. The first-order valence-electron chi connectivity index (χ1n) is 12.6. The molecule has 190 valence electrons. The summed E-state index contributed by atoms with van der Waals surface area (Å²) in [5.74, 6) is -1.51. The number of amides is 1. The molecule has 0 radical (unpaired) electrons. The fraction of sp³-hybridized carbons (Fsp3) is 0.880. The molecule has 0 aromatic heterocycles. The number of aliphatic hydroxyl groups excluding tert-OH is 2. The Balaban J connectivity index is 1.66. The van der Waals surface area contributed by atoms with E-state index >= 15 is 0 Å². The Labute approximate surface area is 204 Å². The molecular formula is C25H38N2O6S. The maximum Gasteiger partial charge on any atom is 0.230 e. The molecule has 3 N–H and O–H groups in total. The number of rotatable bonds is 1. The van der Waals surface area contributed by atoms with E-state index in [1.54, 1.807) is 7.11 Å². The molecule has 11 atom stereocenters. The van der Waals surface area contributed by atoms with Gasteiger partial charge in [0.1, 0.15) is 13.3 Å². The minimum Gasteiger partial charge on any atom is -0.399 e. The second-order valence-corrected chi connectivity index (χ2v) is 12.9. The molecule has 2 aliphatic heterocycles. The van der Waals surface area contributed by atoms with Gasteiger partial charge in [0.05, 0.1) is 45.6 Å². The molecule has 9 heteroatoms. The monoisotopic (exact) mass is 494 g/mol. The van der Waals surface area contributed by atoms with Crippen LogP contribution in [0.25, 0.3) is 0 Å². The van der Waals surface area contributed by atoms with E-state index in [9.17, 15) is 19.2 Å². The van der Waals surface area contributed by atoms with Crippen molar-refractivity contribution in [3.63, 3.8) is 0 Å². The van der Waals surface area contributed by atoms with Gasteiger partial charge >= 0.3 is 0 Å². The maximum atomic E-state index is 12.7. The van der Waals surface area contributed by atoms with E-state index in [1.807, 2.05) is 0 Å². The summed E-state index contributed by atoms with van der Waals surface area (Å²) in [6.07, 6.45) is 0.829. The van der Waals surface area contributed by atoms with Crippen molar-refractivity contribution in [3.8, 4) is 0 Å². The Morgan fingerprint density at radius 3 is 2.53 bits per heavy atom. The summed E-state index contributed by atoms with van der Waals surface area (Å²) in [6.45, 7) is 11.2. The number of carbonyl (C=O) groups is 1. The van der Waals surface area contributed by atoms with Crippen LogP contribution in [0.3, 0.4) is 0 Å². The van der Waals surface area contributed by atoms with E-state index in [-0.39, 0.29) is 44.7 Å². The van der Waals surface area contributed by atoms with Crippen molar-refractivity contribution in [1.29, 1.82) is 0 Å². The van der Waals surface area contributed by atoms with Gasteiger partial charge in [-0.05, 0) is 42.9 Å². The molecule has 11 unspecified atom stereocenters. The quantitative estimate of drug-likeness (QED) is 0.377. The predicted molar refractivity (Wildman–Crippen MR) is 128 cm³/mol. The van der Waals surface area contributed by atoms with Crippen molar-refractivity contribution >= 4 is 27.7 Å². The first-order valence-corrected chi connectivity index (χ1v) is 13.3. The van der Waals surface area contributed by atoms with Crippen molar-refractivity contribution in [2.45, 2.75) is 84.3 Å². The number of hydrogen-bond donors (Lipinski definition) is 3. The molecular weight excluding hydrogens is 456 g/mol. The molecule has 2 saturated heterocycles. The first kappa shape index (κ1) is 24.4. The molecule has 0 aromatic carbocycles. The van der Waals surface area contributed by atoms with Gasteiger partial charge in [-0.25, -0.2) is 4.21 Å². The molecule has 0 bridgehead atoms. The molecule has 34 heavy (non-hydrogen) atoms. The SMILES string of the molecule is CON=C1C(C)CC23OC4C(CC2(C)C(C)CCC3C1(C)C)C(O)C(=S=O)C1C(=O)NC(O)C14. The number of oxime groups is 1. The van der Waals surface area contributed by atoms with E-state index in [2.05, 4.69) is 45.1 Å². The molecule has 3 aliphatic carbocycles. The Kier molecular flexibility index (Phi) is 5.64. The Morgan fingerprint density at radius 1 is 1.18 bits per heavy atom. The third-order valence-corrected chi connectivity index (χ3v) is 11.2. The highest BCUT2D eigenvalue weighted by molar-refractivity contribution is 7.66. The summed E-state index contributed by atoms with van der Waals surface area (Å²) in [6, 6.07) is 0. The van der Waals surface area contributed by atoms with Crippen molar-refractivity contribution in [2.75, 3.05) is 7.11 Å². The third kappa shape index (κ3) is 2.90. The van der Waals surface area contributed by atoms with Crippen LogP contribution in [-0.2, 0) is 25.6 Å². The highest BCUT2D eigenvalue weighted by atomic mass is 32.1. The zero-order chi connectivity index (χ0) is 24.8. The summed E-state index contributed by atoms with van der Waals surface area (Å²) < 4.78 is 19.3. The van der Waals surface area contributed by atoms with Crippen LogP contribution in [0.5, 0.6) is 0 Å². The molecule has 5 aliphatic rings. The number of nitrogens with zero attached hydrogens (tertiary/aromatic N) is 1. The highest BCUT2D eigenvalue weighted by Gasteiger charge is 2.72. The zero-order valence-corrected chi connectivity index (χ0v) is 21.7. The minimum atomic E-state index is -1.10. The fourth-order valence-electron chi connectivity index (χ4n) is 8.88. The Morgan fingerprint density at radius 2 is 1.88 bits per heavy atom. The van der Waals surface area contributed by atoms with Crippen LogP contribution in [0.2, 0.25) is 0 Å². The van der Waals surface area contributed by atoms with E-state index < -0.39 is 41.8 Å². The highest BCUT2D eigenvalue weighted by Crippen LogP contribution is 2.68. The van der Waals surface area contributed by atoms with E-state index in [0.29, 0.717) is 12.3 Å². The minimum absolute atomic E-state index is 0.129. The van der Waals surface area contributed by atoms with Crippen LogP contribution >= 0.6 is 0 Å². The van der Waals surface area contributed by atoms with Gasteiger partial charge < -0.3 is 25.1 Å². The van der Waals surface area contributed by atoms with Crippen molar-refractivity contribution in [1.82, 2.24) is 5.32 Å². The molecule has 2 heterocycles. The van der Waals surface area contributed by atoms with Gasteiger partial charge in [0, 0.05) is 23.2 Å². The topological polar surface area (TPSA) is 117 Å². The van der Waals surface area contributed by atoms with E-state index in [4.69, 9.17) is 9.57 Å². The van der Waals surface area contributed by atoms with Crippen molar-refractivity contribution in [3.05, 3.63) is 0 Å². The molecule has 8 nitrogen and oxygen atoms in total. The van der Waals surface area contributed by atoms with Crippen LogP contribution in [0.1, 0.15) is 60.3 Å². The van der Waals surface area contributed by atoms with Crippen molar-refractivity contribution in [2.24, 2.45) is 51.5 Å². The lowest BCUT2D eigenvalue weighted by atomic mass is 9.41. The zero-order valence-electron chi connectivity index (χ0n) is 20.9. The summed E-state index contributed by atoms with van der Waals surface area (Å²) in [4.78, 5) is 18.2. The maximum absolute atomic E-state index is 12.7. The summed E-state index contributed by atoms with van der Waals surface area (Å²) in [7, 11) is 1.59. The molecule has 3 saturated carbocycles. The number of ether oxygens (including phenoxy) is 1. The average Bonchev–Trinajstić information content (AvgIpc) is 3.05. The predicted octanol–water partition coefficient (Wildman–Crippen LogP) is 1.69. The van der Waals surface area contributed by atoms with Gasteiger partial charge in [0.15, 0.2) is 0 Å². The van der Waals surface area contributed by atoms with E-state index in [1.165, 1.54) is 0 Å². The molecule has 1 amide bonds. The number of carbonyl (C=O) groups excluding carboxylic acids is 1. The second-order valence-electron chi connectivity index (χ2n) is 12.2. The molecule has 5 rings (SSSR count). The van der Waals surface area contributed by atoms with Crippen LogP contribution < -0.4 is 5.32 Å². The van der Waals surface area contributed by atoms with Crippen LogP contribution in [-0.4, -0.2) is 62.1 Å². The fourth-order valence-corrected chi connectivity index (χ4v) is 9.52. The van der Waals surface area contributed by atoms with Gasteiger partial charge in [-0.1, -0.05) is 39.8 Å². The third-order valence-electron chi connectivity index (χ3n) is 10.5. The van der Waals surface area contributed by atoms with Gasteiger partial charge in [-0.3, -0.25) is 4.79 Å². The lowest BCUT2D eigenvalue weighted by molar-refractivity contribution is -0.318. The van der Waals surface area contributed by atoms with Crippen LogP contribution in [0, 0.1) is 46.3 Å². The van der Waals surface area contributed by atoms with Crippen LogP contribution in [0.15, 0.2) is 5.16 Å². The Bertz CT molecular complexity index is 978.